The summed E-state index contributed by atoms with van der Waals surface area (Å²) in [5, 5.41) is 0.895. The highest BCUT2D eigenvalue weighted by atomic mass is 32.1. The van der Waals surface area contributed by atoms with Crippen LogP contribution < -0.4 is 15.2 Å². The molecule has 0 aliphatic heterocycles. The molecule has 2 aromatic heterocycles. The number of hydrogen-bond acceptors (Lipinski definition) is 6. The van der Waals surface area contributed by atoms with E-state index < -0.39 is 0 Å². The second-order valence-electron chi connectivity index (χ2n) is 4.47. The molecule has 0 saturated carbocycles. The van der Waals surface area contributed by atoms with Crippen LogP contribution in [0.25, 0.3) is 10.2 Å². The number of nitrogens with two attached hydrogens (primary N) is 1. The summed E-state index contributed by atoms with van der Waals surface area (Å²) in [4.78, 5) is 10.4. The summed E-state index contributed by atoms with van der Waals surface area (Å²) in [6.45, 7) is 2.86. The zero-order chi connectivity index (χ0) is 14.7. The molecule has 0 radical (unpaired) electrons. The highest BCUT2D eigenvalue weighted by molar-refractivity contribution is 7.18. The molecule has 2 heterocycles. The standard InChI is InChI=1S/C15H15N3O2S/c1-10-9-12-13(17-15(16)18-14(12)21-10)20-8-7-19-11-5-3-2-4-6-11/h2-6,9H,7-8H2,1H3,(H2,16,17,18). The summed E-state index contributed by atoms with van der Waals surface area (Å²) in [5.41, 5.74) is 5.70. The van der Waals surface area contributed by atoms with Gasteiger partial charge in [-0.15, -0.1) is 11.3 Å². The lowest BCUT2D eigenvalue weighted by Crippen LogP contribution is -2.10. The Balaban J connectivity index is 1.65. The third-order valence-electron chi connectivity index (χ3n) is 2.83. The van der Waals surface area contributed by atoms with Crippen molar-refractivity contribution in [1.29, 1.82) is 0 Å². The van der Waals surface area contributed by atoms with Crippen molar-refractivity contribution in [1.82, 2.24) is 9.97 Å². The van der Waals surface area contributed by atoms with Crippen molar-refractivity contribution in [2.45, 2.75) is 6.92 Å². The second kappa shape index (κ2) is 5.97. The van der Waals surface area contributed by atoms with Crippen LogP contribution in [0.15, 0.2) is 36.4 Å². The Morgan fingerprint density at radius 3 is 2.67 bits per heavy atom. The minimum atomic E-state index is 0.225. The molecule has 6 heteroatoms. The molecular weight excluding hydrogens is 286 g/mol. The van der Waals surface area contributed by atoms with Gasteiger partial charge in [-0.05, 0) is 25.1 Å². The molecule has 1 aromatic carbocycles. The van der Waals surface area contributed by atoms with E-state index in [0.717, 1.165) is 20.8 Å². The predicted molar refractivity (Wildman–Crippen MR) is 84.0 cm³/mol. The summed E-state index contributed by atoms with van der Waals surface area (Å²) in [6, 6.07) is 11.6. The van der Waals surface area contributed by atoms with Crippen LogP contribution in [0.1, 0.15) is 4.88 Å². The maximum atomic E-state index is 5.70. The Morgan fingerprint density at radius 1 is 1.10 bits per heavy atom. The molecule has 0 saturated heterocycles. The number of aryl methyl sites for hydroxylation is 1. The van der Waals surface area contributed by atoms with Crippen LogP contribution in [-0.4, -0.2) is 23.2 Å². The molecule has 0 unspecified atom stereocenters. The lowest BCUT2D eigenvalue weighted by atomic mass is 10.3. The zero-order valence-corrected chi connectivity index (χ0v) is 12.4. The fraction of sp³-hybridized carbons (Fsp3) is 0.200. The van der Waals surface area contributed by atoms with Crippen molar-refractivity contribution >= 4 is 27.5 Å². The number of benzene rings is 1. The summed E-state index contributed by atoms with van der Waals surface area (Å²) in [6.07, 6.45) is 0. The van der Waals surface area contributed by atoms with Gasteiger partial charge >= 0.3 is 0 Å². The number of ether oxygens (including phenoxy) is 2. The molecule has 0 aliphatic carbocycles. The number of para-hydroxylation sites is 1. The Kier molecular flexibility index (Phi) is 3.87. The van der Waals surface area contributed by atoms with Crippen LogP contribution in [0.3, 0.4) is 0 Å². The summed E-state index contributed by atoms with van der Waals surface area (Å²) in [5.74, 6) is 1.56. The van der Waals surface area contributed by atoms with Gasteiger partial charge < -0.3 is 15.2 Å². The summed E-state index contributed by atoms with van der Waals surface area (Å²) >= 11 is 1.57. The monoisotopic (exact) mass is 301 g/mol. The van der Waals surface area contributed by atoms with E-state index >= 15 is 0 Å². The molecule has 3 aromatic rings. The van der Waals surface area contributed by atoms with Crippen molar-refractivity contribution in [2.75, 3.05) is 18.9 Å². The van der Waals surface area contributed by atoms with E-state index in [4.69, 9.17) is 15.2 Å². The maximum absolute atomic E-state index is 5.70. The van der Waals surface area contributed by atoms with Gasteiger partial charge in [0.1, 0.15) is 23.8 Å². The first-order chi connectivity index (χ1) is 10.2. The van der Waals surface area contributed by atoms with Crippen LogP contribution in [0.2, 0.25) is 0 Å². The van der Waals surface area contributed by atoms with E-state index in [1.54, 1.807) is 11.3 Å². The molecular formula is C15H15N3O2S. The van der Waals surface area contributed by atoms with Gasteiger partial charge in [0.2, 0.25) is 11.8 Å². The Bertz CT molecular complexity index is 743. The van der Waals surface area contributed by atoms with Crippen molar-refractivity contribution in [3.05, 3.63) is 41.3 Å². The average Bonchev–Trinajstić information content (AvgIpc) is 2.84. The minimum Gasteiger partial charge on any atom is -0.490 e. The average molecular weight is 301 g/mol. The molecule has 0 amide bonds. The Hall–Kier alpha value is -2.34. The maximum Gasteiger partial charge on any atom is 0.227 e. The molecule has 21 heavy (non-hydrogen) atoms. The SMILES string of the molecule is Cc1cc2c(OCCOc3ccccc3)nc(N)nc2s1. The highest BCUT2D eigenvalue weighted by Crippen LogP contribution is 2.30. The van der Waals surface area contributed by atoms with Gasteiger partial charge in [-0.25, -0.2) is 4.98 Å². The van der Waals surface area contributed by atoms with Crippen molar-refractivity contribution < 1.29 is 9.47 Å². The zero-order valence-electron chi connectivity index (χ0n) is 11.6. The van der Waals surface area contributed by atoms with Gasteiger partial charge in [0.25, 0.3) is 0 Å². The third-order valence-corrected chi connectivity index (χ3v) is 3.78. The number of thiophene rings is 1. The van der Waals surface area contributed by atoms with Crippen LogP contribution in [-0.2, 0) is 0 Å². The van der Waals surface area contributed by atoms with Gasteiger partial charge in [0.15, 0.2) is 0 Å². The number of anilines is 1. The Labute approximate surface area is 126 Å². The molecule has 3 rings (SSSR count). The lowest BCUT2D eigenvalue weighted by molar-refractivity contribution is 0.214. The first-order valence-corrected chi connectivity index (χ1v) is 7.38. The van der Waals surface area contributed by atoms with E-state index in [0.29, 0.717) is 19.1 Å². The number of hydrogen-bond donors (Lipinski definition) is 1. The number of fused-ring (bicyclic) bond motifs is 1. The minimum absolute atomic E-state index is 0.225. The number of aromatic nitrogens is 2. The molecule has 0 aliphatic rings. The van der Waals surface area contributed by atoms with Gasteiger partial charge in [-0.1, -0.05) is 18.2 Å². The van der Waals surface area contributed by atoms with Crippen LogP contribution in [0.5, 0.6) is 11.6 Å². The topological polar surface area (TPSA) is 70.3 Å². The van der Waals surface area contributed by atoms with Crippen molar-refractivity contribution in [3.63, 3.8) is 0 Å². The van der Waals surface area contributed by atoms with Crippen molar-refractivity contribution in [3.8, 4) is 11.6 Å². The van der Waals surface area contributed by atoms with Crippen molar-refractivity contribution in [2.24, 2.45) is 0 Å². The van der Waals surface area contributed by atoms with Gasteiger partial charge in [0, 0.05) is 4.88 Å². The molecule has 0 bridgehead atoms. The van der Waals surface area contributed by atoms with E-state index in [1.165, 1.54) is 0 Å². The predicted octanol–water partition coefficient (Wildman–Crippen LogP) is 3.04. The molecule has 5 nitrogen and oxygen atoms in total. The first kappa shape index (κ1) is 13.6. The number of nitrogens with zero attached hydrogens (tertiary/aromatic N) is 2. The smallest absolute Gasteiger partial charge is 0.227 e. The quantitative estimate of drug-likeness (QED) is 0.733. The van der Waals surface area contributed by atoms with Gasteiger partial charge in [-0.3, -0.25) is 0 Å². The number of rotatable bonds is 5. The largest absolute Gasteiger partial charge is 0.490 e. The molecule has 0 atom stereocenters. The normalized spacial score (nSPS) is 10.7. The molecule has 0 fully saturated rings. The van der Waals surface area contributed by atoms with E-state index in [1.807, 2.05) is 43.3 Å². The van der Waals surface area contributed by atoms with Crippen LogP contribution in [0.4, 0.5) is 5.95 Å². The van der Waals surface area contributed by atoms with E-state index in [-0.39, 0.29) is 5.95 Å². The van der Waals surface area contributed by atoms with Crippen LogP contribution >= 0.6 is 11.3 Å². The van der Waals surface area contributed by atoms with E-state index in [2.05, 4.69) is 9.97 Å². The Morgan fingerprint density at radius 2 is 1.86 bits per heavy atom. The number of nitrogen functional groups attached to an aromatic ring is 1. The lowest BCUT2D eigenvalue weighted by Gasteiger charge is -2.08. The summed E-state index contributed by atoms with van der Waals surface area (Å²) in [7, 11) is 0. The summed E-state index contributed by atoms with van der Waals surface area (Å²) < 4.78 is 11.3. The second-order valence-corrected chi connectivity index (χ2v) is 5.71. The van der Waals surface area contributed by atoms with Gasteiger partial charge in [-0.2, -0.15) is 4.98 Å². The van der Waals surface area contributed by atoms with Crippen LogP contribution in [0, 0.1) is 6.92 Å². The van der Waals surface area contributed by atoms with Gasteiger partial charge in [0.05, 0.1) is 5.39 Å². The fourth-order valence-corrected chi connectivity index (χ4v) is 2.83. The third kappa shape index (κ3) is 3.22. The molecule has 2 N–H and O–H groups in total. The fourth-order valence-electron chi connectivity index (χ4n) is 1.96. The molecule has 108 valence electrons. The van der Waals surface area contributed by atoms with E-state index in [9.17, 15) is 0 Å². The first-order valence-electron chi connectivity index (χ1n) is 6.56. The molecule has 0 spiro atoms. The highest BCUT2D eigenvalue weighted by Gasteiger charge is 2.10.